The molecule has 1 heterocycles. The highest BCUT2D eigenvalue weighted by Gasteiger charge is 2.34. The molecule has 0 amide bonds. The van der Waals surface area contributed by atoms with E-state index in [-0.39, 0.29) is 6.54 Å². The van der Waals surface area contributed by atoms with Crippen LogP contribution in [0.3, 0.4) is 0 Å². The molecule has 1 nitrogen and oxygen atoms in total. The standard InChI is InChI=1S/C12H22F3N/c1-10(2)11(3)4-7-16(8-5-11)9-6-12(13,14)15/h10H,4-9H2,1-3H3. The van der Waals surface area contributed by atoms with Gasteiger partial charge in [-0.05, 0) is 37.3 Å². The quantitative estimate of drug-likeness (QED) is 0.723. The molecular formula is C12H22F3N. The van der Waals surface area contributed by atoms with Crippen molar-refractivity contribution in [1.82, 2.24) is 4.90 Å². The van der Waals surface area contributed by atoms with Gasteiger partial charge in [-0.1, -0.05) is 20.8 Å². The minimum Gasteiger partial charge on any atom is -0.303 e. The zero-order valence-corrected chi connectivity index (χ0v) is 10.4. The van der Waals surface area contributed by atoms with Gasteiger partial charge >= 0.3 is 6.18 Å². The van der Waals surface area contributed by atoms with E-state index >= 15 is 0 Å². The van der Waals surface area contributed by atoms with Crippen LogP contribution in [-0.4, -0.2) is 30.7 Å². The Bertz CT molecular complexity index is 215. The van der Waals surface area contributed by atoms with E-state index in [1.165, 1.54) is 0 Å². The first-order chi connectivity index (χ1) is 7.23. The maximum Gasteiger partial charge on any atom is 0.390 e. The SMILES string of the molecule is CC(C)C1(C)CCN(CCC(F)(F)F)CC1. The van der Waals surface area contributed by atoms with Crippen LogP contribution in [-0.2, 0) is 0 Å². The maximum absolute atomic E-state index is 12.1. The Morgan fingerprint density at radius 3 is 2.06 bits per heavy atom. The average molecular weight is 237 g/mol. The van der Waals surface area contributed by atoms with Crippen molar-refractivity contribution in [2.24, 2.45) is 11.3 Å². The predicted octanol–water partition coefficient (Wildman–Crippen LogP) is 3.70. The number of halogens is 3. The highest BCUT2D eigenvalue weighted by atomic mass is 19.4. The number of likely N-dealkylation sites (tertiary alicyclic amines) is 1. The molecule has 0 spiro atoms. The summed E-state index contributed by atoms with van der Waals surface area (Å²) in [4.78, 5) is 1.94. The smallest absolute Gasteiger partial charge is 0.303 e. The van der Waals surface area contributed by atoms with Crippen molar-refractivity contribution in [3.8, 4) is 0 Å². The molecule has 0 atom stereocenters. The van der Waals surface area contributed by atoms with Crippen LogP contribution in [0.5, 0.6) is 0 Å². The molecule has 0 unspecified atom stereocenters. The van der Waals surface area contributed by atoms with Crippen molar-refractivity contribution in [3.63, 3.8) is 0 Å². The lowest BCUT2D eigenvalue weighted by Gasteiger charge is -2.42. The molecule has 0 N–H and O–H groups in total. The molecule has 1 rings (SSSR count). The van der Waals surface area contributed by atoms with Gasteiger partial charge < -0.3 is 4.90 Å². The van der Waals surface area contributed by atoms with E-state index in [1.54, 1.807) is 0 Å². The lowest BCUT2D eigenvalue weighted by Crippen LogP contribution is -2.42. The molecule has 1 aliphatic heterocycles. The van der Waals surface area contributed by atoms with Crippen LogP contribution in [0.1, 0.15) is 40.0 Å². The van der Waals surface area contributed by atoms with Crippen LogP contribution >= 0.6 is 0 Å². The number of hydrogen-bond donors (Lipinski definition) is 0. The Labute approximate surface area is 96.0 Å². The molecule has 0 bridgehead atoms. The molecule has 0 radical (unpaired) electrons. The third-order valence-electron chi connectivity index (χ3n) is 4.10. The van der Waals surface area contributed by atoms with Gasteiger partial charge in [-0.25, -0.2) is 0 Å². The summed E-state index contributed by atoms with van der Waals surface area (Å²) in [5, 5.41) is 0. The second-order valence-electron chi connectivity index (χ2n) is 5.52. The van der Waals surface area contributed by atoms with E-state index in [0.717, 1.165) is 25.9 Å². The van der Waals surface area contributed by atoms with Crippen LogP contribution in [0.2, 0.25) is 0 Å². The molecule has 96 valence electrons. The fourth-order valence-corrected chi connectivity index (χ4v) is 2.15. The zero-order chi connectivity index (χ0) is 12.4. The first-order valence-electron chi connectivity index (χ1n) is 6.02. The van der Waals surface area contributed by atoms with Gasteiger partial charge in [-0.15, -0.1) is 0 Å². The topological polar surface area (TPSA) is 3.24 Å². The Hall–Kier alpha value is -0.250. The number of nitrogens with zero attached hydrogens (tertiary/aromatic N) is 1. The Kier molecular flexibility index (Phi) is 4.27. The van der Waals surface area contributed by atoms with E-state index in [9.17, 15) is 13.2 Å². The molecule has 0 saturated carbocycles. The summed E-state index contributed by atoms with van der Waals surface area (Å²) < 4.78 is 36.2. The number of rotatable bonds is 3. The van der Waals surface area contributed by atoms with Gasteiger partial charge in [0.1, 0.15) is 0 Å². The molecule has 1 fully saturated rings. The largest absolute Gasteiger partial charge is 0.390 e. The van der Waals surface area contributed by atoms with Crippen LogP contribution in [0.25, 0.3) is 0 Å². The predicted molar refractivity (Wildman–Crippen MR) is 59.3 cm³/mol. The van der Waals surface area contributed by atoms with Crippen molar-refractivity contribution >= 4 is 0 Å². The van der Waals surface area contributed by atoms with Crippen LogP contribution in [0, 0.1) is 11.3 Å². The van der Waals surface area contributed by atoms with Crippen LogP contribution in [0.4, 0.5) is 13.2 Å². The first kappa shape index (κ1) is 13.8. The molecule has 0 aromatic rings. The second-order valence-corrected chi connectivity index (χ2v) is 5.52. The third-order valence-corrected chi connectivity index (χ3v) is 4.10. The first-order valence-corrected chi connectivity index (χ1v) is 6.02. The minimum atomic E-state index is -4.02. The van der Waals surface area contributed by atoms with Gasteiger partial charge in [-0.2, -0.15) is 13.2 Å². The van der Waals surface area contributed by atoms with E-state index in [1.807, 2.05) is 4.90 Å². The average Bonchev–Trinajstić information content (AvgIpc) is 2.15. The normalized spacial score (nSPS) is 22.7. The number of alkyl halides is 3. The lowest BCUT2D eigenvalue weighted by molar-refractivity contribution is -0.139. The highest BCUT2D eigenvalue weighted by Crippen LogP contribution is 2.38. The van der Waals surface area contributed by atoms with Crippen molar-refractivity contribution in [2.45, 2.75) is 46.2 Å². The Balaban J connectivity index is 2.33. The minimum absolute atomic E-state index is 0.164. The van der Waals surface area contributed by atoms with E-state index in [0.29, 0.717) is 11.3 Å². The van der Waals surface area contributed by atoms with Gasteiger partial charge in [0.25, 0.3) is 0 Å². The Morgan fingerprint density at radius 1 is 1.19 bits per heavy atom. The third kappa shape index (κ3) is 3.96. The van der Waals surface area contributed by atoms with Crippen molar-refractivity contribution in [1.29, 1.82) is 0 Å². The summed E-state index contributed by atoms with van der Waals surface area (Å²) in [7, 11) is 0. The monoisotopic (exact) mass is 237 g/mol. The van der Waals surface area contributed by atoms with Crippen molar-refractivity contribution in [2.75, 3.05) is 19.6 Å². The summed E-state index contributed by atoms with van der Waals surface area (Å²) in [5.74, 6) is 0.609. The molecule has 0 aromatic carbocycles. The molecule has 0 aromatic heterocycles. The summed E-state index contributed by atoms with van der Waals surface area (Å²) in [5.41, 5.74) is 0.314. The highest BCUT2D eigenvalue weighted by molar-refractivity contribution is 4.84. The number of hydrogen-bond acceptors (Lipinski definition) is 1. The van der Waals surface area contributed by atoms with Gasteiger partial charge in [-0.3, -0.25) is 0 Å². The van der Waals surface area contributed by atoms with Crippen molar-refractivity contribution in [3.05, 3.63) is 0 Å². The van der Waals surface area contributed by atoms with Gasteiger partial charge in [0.2, 0.25) is 0 Å². The number of piperidine rings is 1. The Morgan fingerprint density at radius 2 is 1.69 bits per heavy atom. The summed E-state index contributed by atoms with van der Waals surface area (Å²) in [6, 6.07) is 0. The second kappa shape index (κ2) is 4.94. The van der Waals surface area contributed by atoms with Gasteiger partial charge in [0.05, 0.1) is 6.42 Å². The molecule has 0 aliphatic carbocycles. The molecule has 4 heteroatoms. The van der Waals surface area contributed by atoms with Gasteiger partial charge in [0, 0.05) is 6.54 Å². The lowest BCUT2D eigenvalue weighted by atomic mass is 9.72. The molecule has 16 heavy (non-hydrogen) atoms. The van der Waals surface area contributed by atoms with E-state index in [2.05, 4.69) is 20.8 Å². The summed E-state index contributed by atoms with van der Waals surface area (Å²) in [6.45, 7) is 8.43. The molecule has 1 saturated heterocycles. The van der Waals surface area contributed by atoms with Crippen LogP contribution in [0.15, 0.2) is 0 Å². The van der Waals surface area contributed by atoms with Crippen molar-refractivity contribution < 1.29 is 13.2 Å². The van der Waals surface area contributed by atoms with Crippen LogP contribution < -0.4 is 0 Å². The van der Waals surface area contributed by atoms with E-state index < -0.39 is 12.6 Å². The van der Waals surface area contributed by atoms with E-state index in [4.69, 9.17) is 0 Å². The molecule has 1 aliphatic rings. The summed E-state index contributed by atoms with van der Waals surface area (Å²) in [6.07, 6.45) is -2.66. The fourth-order valence-electron chi connectivity index (χ4n) is 2.15. The fraction of sp³-hybridized carbons (Fsp3) is 1.00. The zero-order valence-electron chi connectivity index (χ0n) is 10.4. The maximum atomic E-state index is 12.1. The van der Waals surface area contributed by atoms with Gasteiger partial charge in [0.15, 0.2) is 0 Å². The summed E-state index contributed by atoms with van der Waals surface area (Å²) >= 11 is 0. The molecular weight excluding hydrogens is 215 g/mol.